The Morgan fingerprint density at radius 3 is 2.63 bits per heavy atom. The Morgan fingerprint density at radius 1 is 1.22 bits per heavy atom. The number of alkyl halides is 3. The molecule has 1 aromatic heterocycles. The number of hydrogen-bond acceptors (Lipinski definition) is 5. The summed E-state index contributed by atoms with van der Waals surface area (Å²) in [6, 6.07) is 8.31. The summed E-state index contributed by atoms with van der Waals surface area (Å²) >= 11 is 7.62. The average Bonchev–Trinajstić information content (AvgIpc) is 3.19. The molecule has 1 N–H and O–H groups in total. The van der Waals surface area contributed by atoms with E-state index in [1.54, 1.807) is 6.08 Å². The molecule has 4 nitrogen and oxygen atoms in total. The topological polar surface area (TPSA) is 49.4 Å². The second kappa shape index (κ2) is 7.83. The van der Waals surface area contributed by atoms with Crippen LogP contribution in [0.4, 0.5) is 18.9 Å². The quantitative estimate of drug-likeness (QED) is 0.571. The van der Waals surface area contributed by atoms with E-state index in [1.165, 1.54) is 23.5 Å². The summed E-state index contributed by atoms with van der Waals surface area (Å²) in [7, 11) is 0. The number of halogens is 3. The Kier molecular flexibility index (Phi) is 5.68. The van der Waals surface area contributed by atoms with Gasteiger partial charge in [0, 0.05) is 4.88 Å². The van der Waals surface area contributed by atoms with Gasteiger partial charge in [0.2, 0.25) is 5.91 Å². The van der Waals surface area contributed by atoms with Crippen LogP contribution in [0.3, 0.4) is 0 Å². The maximum atomic E-state index is 13.0. The number of benzene rings is 1. The van der Waals surface area contributed by atoms with Gasteiger partial charge >= 0.3 is 6.18 Å². The molecule has 1 aliphatic heterocycles. The van der Waals surface area contributed by atoms with Crippen molar-refractivity contribution < 1.29 is 22.8 Å². The third-order valence-corrected chi connectivity index (χ3v) is 5.70. The molecule has 1 saturated heterocycles. The van der Waals surface area contributed by atoms with E-state index in [0.717, 1.165) is 33.7 Å². The normalized spacial score (nSPS) is 16.3. The third-order valence-electron chi connectivity index (χ3n) is 3.50. The van der Waals surface area contributed by atoms with Gasteiger partial charge in [0.25, 0.3) is 5.91 Å². The Hall–Kier alpha value is -2.17. The minimum atomic E-state index is -4.60. The predicted molar refractivity (Wildman–Crippen MR) is 104 cm³/mol. The number of amides is 2. The van der Waals surface area contributed by atoms with E-state index in [2.05, 4.69) is 5.32 Å². The van der Waals surface area contributed by atoms with E-state index in [0.29, 0.717) is 4.91 Å². The second-order valence-electron chi connectivity index (χ2n) is 5.37. The monoisotopic (exact) mass is 428 g/mol. The summed E-state index contributed by atoms with van der Waals surface area (Å²) in [6.07, 6.45) is -2.93. The lowest BCUT2D eigenvalue weighted by molar-refractivity contribution is -0.137. The van der Waals surface area contributed by atoms with E-state index in [4.69, 9.17) is 12.2 Å². The molecular formula is C17H11F3N2O2S3. The number of carbonyl (C=O) groups is 2. The van der Waals surface area contributed by atoms with Crippen LogP contribution in [0.15, 0.2) is 46.7 Å². The molecule has 1 aromatic carbocycles. The number of thiocarbonyl (C=S) groups is 1. The van der Waals surface area contributed by atoms with Gasteiger partial charge in [0.15, 0.2) is 0 Å². The van der Waals surface area contributed by atoms with Crippen LogP contribution in [0.1, 0.15) is 10.4 Å². The van der Waals surface area contributed by atoms with Gasteiger partial charge in [-0.2, -0.15) is 13.2 Å². The molecule has 0 spiro atoms. The zero-order chi connectivity index (χ0) is 19.6. The largest absolute Gasteiger partial charge is 0.418 e. The van der Waals surface area contributed by atoms with Crippen molar-refractivity contribution in [3.8, 4) is 0 Å². The zero-order valence-electron chi connectivity index (χ0n) is 13.4. The second-order valence-corrected chi connectivity index (χ2v) is 8.03. The molecule has 0 radical (unpaired) electrons. The molecule has 1 fully saturated rings. The standard InChI is InChI=1S/C17H11F3N2O2S3/c18-17(19,20)11-5-1-2-6-12(11)21-14(23)9-22-15(24)13(27-16(22)25)8-10-4-3-7-26-10/h1-8H,9H2,(H,21,23)/b13-8+. The number of nitrogens with one attached hydrogen (secondary N) is 1. The molecule has 2 heterocycles. The van der Waals surface area contributed by atoms with E-state index in [-0.39, 0.29) is 10.0 Å². The molecule has 0 atom stereocenters. The number of thiophene rings is 1. The van der Waals surface area contributed by atoms with Crippen LogP contribution in [0.2, 0.25) is 0 Å². The van der Waals surface area contributed by atoms with Gasteiger partial charge < -0.3 is 5.32 Å². The van der Waals surface area contributed by atoms with Gasteiger partial charge in [-0.25, -0.2) is 0 Å². The van der Waals surface area contributed by atoms with Crippen LogP contribution >= 0.6 is 35.3 Å². The van der Waals surface area contributed by atoms with Crippen molar-refractivity contribution >= 4 is 63.2 Å². The molecule has 2 amide bonds. The molecule has 27 heavy (non-hydrogen) atoms. The fourth-order valence-corrected chi connectivity index (χ4v) is 4.29. The molecular weight excluding hydrogens is 417 g/mol. The summed E-state index contributed by atoms with van der Waals surface area (Å²) in [5.41, 5.74) is -1.32. The van der Waals surface area contributed by atoms with Crippen molar-refractivity contribution in [1.29, 1.82) is 0 Å². The third kappa shape index (κ3) is 4.57. The Balaban J connectivity index is 1.72. The first-order valence-electron chi connectivity index (χ1n) is 7.50. The fourth-order valence-electron chi connectivity index (χ4n) is 2.31. The fraction of sp³-hybridized carbons (Fsp3) is 0.118. The SMILES string of the molecule is O=C(CN1C(=O)/C(=C\c2cccs2)SC1=S)Nc1ccccc1C(F)(F)F. The minimum Gasteiger partial charge on any atom is -0.324 e. The summed E-state index contributed by atoms with van der Waals surface area (Å²) < 4.78 is 39.2. The summed E-state index contributed by atoms with van der Waals surface area (Å²) in [4.78, 5) is 27.0. The molecule has 1 aliphatic rings. The minimum absolute atomic E-state index is 0.182. The first-order valence-corrected chi connectivity index (χ1v) is 9.61. The molecule has 2 aromatic rings. The van der Waals surface area contributed by atoms with Crippen molar-refractivity contribution in [1.82, 2.24) is 4.90 Å². The smallest absolute Gasteiger partial charge is 0.324 e. The van der Waals surface area contributed by atoms with Crippen molar-refractivity contribution in [2.24, 2.45) is 0 Å². The van der Waals surface area contributed by atoms with Crippen LogP contribution in [-0.2, 0) is 15.8 Å². The van der Waals surface area contributed by atoms with E-state index in [9.17, 15) is 22.8 Å². The highest BCUT2D eigenvalue weighted by molar-refractivity contribution is 8.26. The molecule has 140 valence electrons. The van der Waals surface area contributed by atoms with Gasteiger partial charge in [0.05, 0.1) is 16.2 Å². The predicted octanol–water partition coefficient (Wildman–Crippen LogP) is 4.61. The molecule has 0 saturated carbocycles. The van der Waals surface area contributed by atoms with Crippen LogP contribution < -0.4 is 5.32 Å². The summed E-state index contributed by atoms with van der Waals surface area (Å²) in [5, 5.41) is 4.07. The number of thioether (sulfide) groups is 1. The number of carbonyl (C=O) groups excluding carboxylic acids is 2. The van der Waals surface area contributed by atoms with Crippen LogP contribution in [0, 0.1) is 0 Å². The Morgan fingerprint density at radius 2 is 1.96 bits per heavy atom. The molecule has 3 rings (SSSR count). The van der Waals surface area contributed by atoms with E-state index < -0.39 is 30.1 Å². The molecule has 10 heteroatoms. The Bertz CT molecular complexity index is 924. The van der Waals surface area contributed by atoms with Crippen molar-refractivity contribution in [2.75, 3.05) is 11.9 Å². The highest BCUT2D eigenvalue weighted by Crippen LogP contribution is 2.35. The highest BCUT2D eigenvalue weighted by atomic mass is 32.2. The highest BCUT2D eigenvalue weighted by Gasteiger charge is 2.35. The lowest BCUT2D eigenvalue weighted by Crippen LogP contribution is -2.36. The lowest BCUT2D eigenvalue weighted by atomic mass is 10.1. The van der Waals surface area contributed by atoms with Crippen LogP contribution in [0.5, 0.6) is 0 Å². The van der Waals surface area contributed by atoms with E-state index >= 15 is 0 Å². The maximum Gasteiger partial charge on any atom is 0.418 e. The number of anilines is 1. The van der Waals surface area contributed by atoms with Crippen LogP contribution in [0.25, 0.3) is 6.08 Å². The first kappa shape index (κ1) is 19.6. The van der Waals surface area contributed by atoms with Gasteiger partial charge in [-0.1, -0.05) is 42.2 Å². The van der Waals surface area contributed by atoms with Crippen molar-refractivity contribution in [2.45, 2.75) is 6.18 Å². The summed E-state index contributed by atoms with van der Waals surface area (Å²) in [6.45, 7) is -0.460. The number of para-hydroxylation sites is 1. The maximum absolute atomic E-state index is 13.0. The van der Waals surface area contributed by atoms with E-state index in [1.807, 2.05) is 17.5 Å². The van der Waals surface area contributed by atoms with Gasteiger partial charge in [0.1, 0.15) is 10.9 Å². The first-order chi connectivity index (χ1) is 12.8. The molecule has 0 unspecified atom stereocenters. The van der Waals surface area contributed by atoms with Crippen molar-refractivity contribution in [3.63, 3.8) is 0 Å². The number of nitrogens with zero attached hydrogens (tertiary/aromatic N) is 1. The summed E-state index contributed by atoms with van der Waals surface area (Å²) in [5.74, 6) is -1.21. The number of hydrogen-bond donors (Lipinski definition) is 1. The zero-order valence-corrected chi connectivity index (χ0v) is 15.9. The van der Waals surface area contributed by atoms with Gasteiger partial charge in [-0.3, -0.25) is 14.5 Å². The van der Waals surface area contributed by atoms with Gasteiger partial charge in [-0.05, 0) is 29.7 Å². The van der Waals surface area contributed by atoms with Crippen molar-refractivity contribution in [3.05, 3.63) is 57.1 Å². The molecule has 0 bridgehead atoms. The number of rotatable bonds is 4. The van der Waals surface area contributed by atoms with Crippen LogP contribution in [-0.4, -0.2) is 27.6 Å². The van der Waals surface area contributed by atoms with Gasteiger partial charge in [-0.15, -0.1) is 11.3 Å². The average molecular weight is 428 g/mol. The molecule has 0 aliphatic carbocycles. The Labute approximate surface area is 166 Å². The lowest BCUT2D eigenvalue weighted by Gasteiger charge is -2.16.